The topological polar surface area (TPSA) is 91.4 Å². The summed E-state index contributed by atoms with van der Waals surface area (Å²) in [6.07, 6.45) is 0. The van der Waals surface area contributed by atoms with Crippen LogP contribution in [0.3, 0.4) is 0 Å². The van der Waals surface area contributed by atoms with Crippen LogP contribution in [0.5, 0.6) is 5.75 Å². The van der Waals surface area contributed by atoms with E-state index < -0.39 is 12.0 Å². The SMILES string of the molecule is CCOC(=O)C1=C(CN2CCN(C(C)=O)CC2)N(CC)C(=O)NC1c1cccc(OC)c1. The van der Waals surface area contributed by atoms with Gasteiger partial charge in [0.1, 0.15) is 5.75 Å². The Labute approximate surface area is 188 Å². The lowest BCUT2D eigenvalue weighted by Crippen LogP contribution is -2.53. The van der Waals surface area contributed by atoms with Gasteiger partial charge in [-0.3, -0.25) is 14.6 Å². The molecule has 3 rings (SSSR count). The molecular weight excluding hydrogens is 412 g/mol. The second kappa shape index (κ2) is 10.5. The first kappa shape index (κ1) is 23.6. The van der Waals surface area contributed by atoms with Crippen molar-refractivity contribution in [1.82, 2.24) is 20.0 Å². The van der Waals surface area contributed by atoms with E-state index >= 15 is 0 Å². The molecule has 9 nitrogen and oxygen atoms in total. The first-order valence-corrected chi connectivity index (χ1v) is 11.0. The van der Waals surface area contributed by atoms with Crippen LogP contribution in [0.4, 0.5) is 4.79 Å². The minimum Gasteiger partial charge on any atom is -0.497 e. The van der Waals surface area contributed by atoms with Gasteiger partial charge in [-0.25, -0.2) is 9.59 Å². The molecule has 1 atom stereocenters. The molecule has 0 spiro atoms. The standard InChI is InChI=1S/C23H32N4O5/c1-5-27-19(15-25-10-12-26(13-11-25)16(3)28)20(22(29)32-6-2)21(24-23(27)30)17-8-7-9-18(14-17)31-4/h7-9,14,21H,5-6,10-13,15H2,1-4H3,(H,24,30). The highest BCUT2D eigenvalue weighted by Gasteiger charge is 2.38. The van der Waals surface area contributed by atoms with Crippen LogP contribution in [0.2, 0.25) is 0 Å². The van der Waals surface area contributed by atoms with Gasteiger partial charge in [0.15, 0.2) is 0 Å². The molecule has 1 N–H and O–H groups in total. The van der Waals surface area contributed by atoms with Crippen LogP contribution in [0.1, 0.15) is 32.4 Å². The van der Waals surface area contributed by atoms with Crippen molar-refractivity contribution < 1.29 is 23.9 Å². The fraction of sp³-hybridized carbons (Fsp3) is 0.522. The summed E-state index contributed by atoms with van der Waals surface area (Å²) < 4.78 is 10.7. The first-order chi connectivity index (χ1) is 15.4. The van der Waals surface area contributed by atoms with Gasteiger partial charge in [0.05, 0.1) is 25.3 Å². The summed E-state index contributed by atoms with van der Waals surface area (Å²) in [6.45, 7) is 8.86. The van der Waals surface area contributed by atoms with E-state index in [2.05, 4.69) is 10.2 Å². The molecule has 0 aromatic heterocycles. The molecule has 1 aromatic rings. The molecule has 0 bridgehead atoms. The quantitative estimate of drug-likeness (QED) is 0.645. The van der Waals surface area contributed by atoms with Crippen LogP contribution in [0, 0.1) is 0 Å². The lowest BCUT2D eigenvalue weighted by molar-refractivity contribution is -0.139. The third kappa shape index (κ3) is 5.04. The first-order valence-electron chi connectivity index (χ1n) is 11.0. The Morgan fingerprint density at radius 1 is 1.16 bits per heavy atom. The Morgan fingerprint density at radius 3 is 2.47 bits per heavy atom. The van der Waals surface area contributed by atoms with E-state index in [0.29, 0.717) is 56.3 Å². The highest BCUT2D eigenvalue weighted by atomic mass is 16.5. The number of hydrogen-bond donors (Lipinski definition) is 1. The molecule has 0 aliphatic carbocycles. The number of rotatable bonds is 7. The molecule has 0 radical (unpaired) electrons. The van der Waals surface area contributed by atoms with E-state index in [0.717, 1.165) is 5.56 Å². The predicted molar refractivity (Wildman–Crippen MR) is 119 cm³/mol. The highest BCUT2D eigenvalue weighted by Crippen LogP contribution is 2.33. The largest absolute Gasteiger partial charge is 0.497 e. The van der Waals surface area contributed by atoms with Crippen molar-refractivity contribution in [3.63, 3.8) is 0 Å². The van der Waals surface area contributed by atoms with Gasteiger partial charge < -0.3 is 19.7 Å². The summed E-state index contributed by atoms with van der Waals surface area (Å²) >= 11 is 0. The van der Waals surface area contributed by atoms with Gasteiger partial charge in [0.2, 0.25) is 5.91 Å². The molecule has 1 saturated heterocycles. The number of urea groups is 1. The third-order valence-electron chi connectivity index (χ3n) is 5.87. The zero-order valence-electron chi connectivity index (χ0n) is 19.2. The van der Waals surface area contributed by atoms with Crippen molar-refractivity contribution >= 4 is 17.9 Å². The second-order valence-electron chi connectivity index (χ2n) is 7.77. The maximum Gasteiger partial charge on any atom is 0.338 e. The fourth-order valence-electron chi connectivity index (χ4n) is 4.16. The number of esters is 1. The molecule has 0 saturated carbocycles. The Bertz CT molecular complexity index is 892. The van der Waals surface area contributed by atoms with Crippen molar-refractivity contribution in [3.8, 4) is 5.75 Å². The van der Waals surface area contributed by atoms with Crippen molar-refractivity contribution in [1.29, 1.82) is 0 Å². The number of ether oxygens (including phenoxy) is 2. The smallest absolute Gasteiger partial charge is 0.338 e. The zero-order chi connectivity index (χ0) is 23.3. The van der Waals surface area contributed by atoms with Gasteiger partial charge in [0, 0.05) is 51.9 Å². The Hall–Kier alpha value is -3.07. The van der Waals surface area contributed by atoms with Crippen molar-refractivity contribution in [2.24, 2.45) is 0 Å². The monoisotopic (exact) mass is 444 g/mol. The fourth-order valence-corrected chi connectivity index (χ4v) is 4.16. The van der Waals surface area contributed by atoms with Crippen LogP contribution >= 0.6 is 0 Å². The molecule has 1 unspecified atom stereocenters. The molecule has 2 aliphatic rings. The van der Waals surface area contributed by atoms with Crippen LogP contribution in [0.25, 0.3) is 0 Å². The number of benzene rings is 1. The van der Waals surface area contributed by atoms with Crippen molar-refractivity contribution in [2.75, 3.05) is 53.0 Å². The average Bonchev–Trinajstić information content (AvgIpc) is 2.79. The Balaban J connectivity index is 2.01. The number of piperazine rings is 1. The van der Waals surface area contributed by atoms with E-state index in [1.807, 2.05) is 31.2 Å². The average molecular weight is 445 g/mol. The number of nitrogens with one attached hydrogen (secondary N) is 1. The maximum atomic E-state index is 13.1. The number of carbonyl (C=O) groups is 3. The molecule has 3 amide bonds. The third-order valence-corrected chi connectivity index (χ3v) is 5.87. The van der Waals surface area contributed by atoms with Gasteiger partial charge in [-0.15, -0.1) is 0 Å². The van der Waals surface area contributed by atoms with Crippen LogP contribution in [-0.2, 0) is 14.3 Å². The number of amides is 3. The zero-order valence-corrected chi connectivity index (χ0v) is 19.2. The normalized spacial score (nSPS) is 19.6. The maximum absolute atomic E-state index is 13.1. The summed E-state index contributed by atoms with van der Waals surface area (Å²) in [4.78, 5) is 43.4. The minimum absolute atomic E-state index is 0.0568. The summed E-state index contributed by atoms with van der Waals surface area (Å²) in [5.74, 6) is 0.248. The lowest BCUT2D eigenvalue weighted by Gasteiger charge is -2.40. The number of hydrogen-bond acceptors (Lipinski definition) is 6. The van der Waals surface area contributed by atoms with Gasteiger partial charge in [-0.2, -0.15) is 0 Å². The van der Waals surface area contributed by atoms with Gasteiger partial charge in [-0.05, 0) is 31.5 Å². The molecule has 2 heterocycles. The van der Waals surface area contributed by atoms with Gasteiger partial charge >= 0.3 is 12.0 Å². The molecule has 2 aliphatic heterocycles. The summed E-state index contributed by atoms with van der Waals surface area (Å²) in [7, 11) is 1.57. The van der Waals surface area contributed by atoms with Gasteiger partial charge in [-0.1, -0.05) is 12.1 Å². The number of nitrogens with zero attached hydrogens (tertiary/aromatic N) is 3. The van der Waals surface area contributed by atoms with E-state index in [9.17, 15) is 14.4 Å². The number of carbonyl (C=O) groups excluding carboxylic acids is 3. The molecule has 1 fully saturated rings. The van der Waals surface area contributed by atoms with Gasteiger partial charge in [0.25, 0.3) is 0 Å². The minimum atomic E-state index is -0.645. The van der Waals surface area contributed by atoms with Crippen LogP contribution in [-0.4, -0.2) is 85.6 Å². The molecular formula is C23H32N4O5. The summed E-state index contributed by atoms with van der Waals surface area (Å²) in [6, 6.07) is 6.41. The molecule has 1 aromatic carbocycles. The van der Waals surface area contributed by atoms with E-state index in [4.69, 9.17) is 9.47 Å². The molecule has 174 valence electrons. The van der Waals surface area contributed by atoms with Crippen molar-refractivity contribution in [2.45, 2.75) is 26.8 Å². The lowest BCUT2D eigenvalue weighted by atomic mass is 9.94. The predicted octanol–water partition coefficient (Wildman–Crippen LogP) is 1.76. The summed E-state index contributed by atoms with van der Waals surface area (Å²) in [5.41, 5.74) is 1.81. The van der Waals surface area contributed by atoms with E-state index in [1.54, 1.807) is 30.8 Å². The van der Waals surface area contributed by atoms with Crippen LogP contribution in [0.15, 0.2) is 35.5 Å². The van der Waals surface area contributed by atoms with E-state index in [-0.39, 0.29) is 18.5 Å². The van der Waals surface area contributed by atoms with Crippen molar-refractivity contribution in [3.05, 3.63) is 41.1 Å². The van der Waals surface area contributed by atoms with Crippen LogP contribution < -0.4 is 10.1 Å². The van der Waals surface area contributed by atoms with E-state index in [1.165, 1.54) is 0 Å². The Kier molecular flexibility index (Phi) is 7.74. The number of likely N-dealkylation sites (N-methyl/N-ethyl adjacent to an activating group) is 1. The highest BCUT2D eigenvalue weighted by molar-refractivity contribution is 5.95. The number of methoxy groups -OCH3 is 1. The molecule has 32 heavy (non-hydrogen) atoms. The second-order valence-corrected chi connectivity index (χ2v) is 7.77. The molecule has 9 heteroatoms. The summed E-state index contributed by atoms with van der Waals surface area (Å²) in [5, 5.41) is 2.96. The Morgan fingerprint density at radius 2 is 1.88 bits per heavy atom.